The molecule has 2 atom stereocenters. The third-order valence-corrected chi connectivity index (χ3v) is 8.21. The molecule has 0 bridgehead atoms. The summed E-state index contributed by atoms with van der Waals surface area (Å²) >= 11 is 0. The molecule has 44 heavy (non-hydrogen) atoms. The molecule has 1 aromatic carbocycles. The Labute approximate surface area is 259 Å². The van der Waals surface area contributed by atoms with Crippen molar-refractivity contribution in [3.05, 3.63) is 46.9 Å². The van der Waals surface area contributed by atoms with Gasteiger partial charge in [-0.3, -0.25) is 29.2 Å². The number of benzene rings is 1. The van der Waals surface area contributed by atoms with E-state index in [0.717, 1.165) is 0 Å². The van der Waals surface area contributed by atoms with Crippen LogP contribution in [0.2, 0.25) is 0 Å². The Morgan fingerprint density at radius 2 is 1.02 bits per heavy atom. The minimum Gasteiger partial charge on any atom is -0.511 e. The zero-order chi connectivity index (χ0) is 33.0. The van der Waals surface area contributed by atoms with Crippen molar-refractivity contribution < 1.29 is 38.9 Å². The first kappa shape index (κ1) is 34.4. The molecule has 2 N–H and O–H groups in total. The molecule has 0 aromatic heterocycles. The third-order valence-electron chi connectivity index (χ3n) is 8.21. The van der Waals surface area contributed by atoms with E-state index in [4.69, 9.17) is 19.5 Å². The summed E-state index contributed by atoms with van der Waals surface area (Å²) in [5.41, 5.74) is 0.349. The average Bonchev–Trinajstić information content (AvgIpc) is 2.92. The molecule has 0 fully saturated rings. The highest BCUT2D eigenvalue weighted by Gasteiger charge is 2.48. The number of rotatable bonds is 10. The Bertz CT molecular complexity index is 1330. The third kappa shape index (κ3) is 7.00. The van der Waals surface area contributed by atoms with Crippen molar-refractivity contribution in [3.8, 4) is 0 Å². The first-order valence-electron chi connectivity index (χ1n) is 15.0. The van der Waals surface area contributed by atoms with Crippen LogP contribution in [0, 0.1) is 22.7 Å². The monoisotopic (exact) mass is 608 g/mol. The molecule has 3 rings (SSSR count). The van der Waals surface area contributed by atoms with E-state index in [2.05, 4.69) is 0 Å². The van der Waals surface area contributed by atoms with Gasteiger partial charge in [0.25, 0.3) is 0 Å². The van der Waals surface area contributed by atoms with Crippen LogP contribution in [0.25, 0.3) is 0 Å². The molecule has 1 aromatic rings. The minimum atomic E-state index is -0.993. The van der Waals surface area contributed by atoms with Crippen LogP contribution in [-0.4, -0.2) is 59.4 Å². The van der Waals surface area contributed by atoms with Gasteiger partial charge in [-0.1, -0.05) is 41.5 Å². The number of carbonyl (C=O) groups is 4. The summed E-state index contributed by atoms with van der Waals surface area (Å²) in [6, 6.07) is 6.81. The minimum absolute atomic E-state index is 0.0511. The van der Waals surface area contributed by atoms with Gasteiger partial charge in [0.1, 0.15) is 23.4 Å². The summed E-state index contributed by atoms with van der Waals surface area (Å²) in [7, 11) is 2.50. The van der Waals surface area contributed by atoms with E-state index >= 15 is 0 Å². The van der Waals surface area contributed by atoms with Gasteiger partial charge in [0, 0.05) is 12.8 Å². The first-order chi connectivity index (χ1) is 20.6. The number of aliphatic hydroxyl groups is 2. The van der Waals surface area contributed by atoms with Crippen molar-refractivity contribution in [1.29, 1.82) is 0 Å². The van der Waals surface area contributed by atoms with Gasteiger partial charge in [0.05, 0.1) is 48.2 Å². The molecule has 0 heterocycles. The molecule has 2 aliphatic carbocycles. The molecule has 0 aliphatic heterocycles. The number of carbonyl (C=O) groups excluding carboxylic acids is 4. The van der Waals surface area contributed by atoms with Crippen molar-refractivity contribution in [2.75, 3.05) is 14.2 Å². The summed E-state index contributed by atoms with van der Waals surface area (Å²) < 4.78 is 9.86. The van der Waals surface area contributed by atoms with E-state index < -0.39 is 34.6 Å². The summed E-state index contributed by atoms with van der Waals surface area (Å²) in [6.45, 7) is 11.0. The maximum Gasteiger partial charge on any atom is 0.316 e. The zero-order valence-electron chi connectivity index (χ0n) is 26.9. The predicted molar refractivity (Wildman–Crippen MR) is 168 cm³/mol. The van der Waals surface area contributed by atoms with Gasteiger partial charge in [-0.2, -0.15) is 0 Å². The zero-order valence-corrected chi connectivity index (χ0v) is 26.9. The van der Waals surface area contributed by atoms with Gasteiger partial charge in [-0.05, 0) is 60.8 Å². The van der Waals surface area contributed by atoms with Crippen LogP contribution in [0.5, 0.6) is 0 Å². The molecule has 0 saturated heterocycles. The number of aliphatic imine (C=N–C) groups is 2. The Morgan fingerprint density at radius 1 is 0.705 bits per heavy atom. The number of esters is 2. The Kier molecular flexibility index (Phi) is 10.7. The fraction of sp³-hybridized carbons (Fsp3) is 0.529. The average molecular weight is 609 g/mol. The van der Waals surface area contributed by atoms with Crippen molar-refractivity contribution in [2.45, 2.75) is 80.1 Å². The molecule has 238 valence electrons. The molecule has 10 heteroatoms. The fourth-order valence-corrected chi connectivity index (χ4v) is 6.08. The first-order valence-corrected chi connectivity index (χ1v) is 15.0. The highest BCUT2D eigenvalue weighted by Crippen LogP contribution is 2.45. The van der Waals surface area contributed by atoms with E-state index in [1.165, 1.54) is 14.2 Å². The van der Waals surface area contributed by atoms with Gasteiger partial charge in [0.2, 0.25) is 0 Å². The van der Waals surface area contributed by atoms with Gasteiger partial charge in [-0.15, -0.1) is 0 Å². The van der Waals surface area contributed by atoms with Crippen molar-refractivity contribution in [2.24, 2.45) is 32.7 Å². The second kappa shape index (κ2) is 13.7. The quantitative estimate of drug-likeness (QED) is 0.281. The standard InChI is InChI=1S/C34H44N2O8/c1-9-11-23(37)25-21(17-33(3,4)27(29(25)39)31(41)43-7)35-19-13-15-20(16-14-19)36-22-18-34(5,6)28(32(42)44-8)30(40)26(22)24(38)12-10-2/h13-16,27-28,39-40H,9-12,17-18H2,1-8H3. The van der Waals surface area contributed by atoms with Crippen LogP contribution in [0.1, 0.15) is 80.1 Å². The number of allylic oxidation sites excluding steroid dienone is 2. The molecule has 0 saturated carbocycles. The SMILES string of the molecule is CCCC(=O)C1=C(O)C(C(=O)OC)C(C)(C)CC1=Nc1ccc(N=C2CC(C)(C)C(C(=O)OC)C(O)=C2C(=O)CCC)cc1. The molecule has 2 unspecified atom stereocenters. The summed E-state index contributed by atoms with van der Waals surface area (Å²) in [5, 5.41) is 22.3. The molecular weight excluding hydrogens is 564 g/mol. The predicted octanol–water partition coefficient (Wildman–Crippen LogP) is 6.63. The van der Waals surface area contributed by atoms with Crippen LogP contribution in [-0.2, 0) is 28.7 Å². The van der Waals surface area contributed by atoms with Gasteiger partial charge >= 0.3 is 11.9 Å². The Balaban J connectivity index is 2.08. The number of nitrogens with zero attached hydrogens (tertiary/aromatic N) is 2. The van der Waals surface area contributed by atoms with Crippen molar-refractivity contribution in [3.63, 3.8) is 0 Å². The number of Topliss-reactive ketones (excluding diaryl/α,β-unsaturated/α-hetero) is 2. The van der Waals surface area contributed by atoms with E-state index in [9.17, 15) is 29.4 Å². The highest BCUT2D eigenvalue weighted by molar-refractivity contribution is 6.25. The maximum absolute atomic E-state index is 13.1. The number of aliphatic hydroxyl groups excluding tert-OH is 2. The number of methoxy groups -OCH3 is 2. The summed E-state index contributed by atoms with van der Waals surface area (Å²) in [4.78, 5) is 60.8. The van der Waals surface area contributed by atoms with Crippen LogP contribution < -0.4 is 0 Å². The number of ether oxygens (including phenoxy) is 2. The number of ketones is 2. The number of hydrogen-bond acceptors (Lipinski definition) is 10. The largest absolute Gasteiger partial charge is 0.511 e. The van der Waals surface area contributed by atoms with Crippen LogP contribution in [0.3, 0.4) is 0 Å². The summed E-state index contributed by atoms with van der Waals surface area (Å²) in [6.07, 6.45) is 2.03. The second-order valence-electron chi connectivity index (χ2n) is 12.7. The molecule has 10 nitrogen and oxygen atoms in total. The Hall–Kier alpha value is -4.08. The van der Waals surface area contributed by atoms with E-state index in [1.807, 2.05) is 41.5 Å². The Morgan fingerprint density at radius 3 is 1.30 bits per heavy atom. The molecule has 2 aliphatic rings. The lowest BCUT2D eigenvalue weighted by Gasteiger charge is -2.37. The van der Waals surface area contributed by atoms with E-state index in [0.29, 0.717) is 35.6 Å². The van der Waals surface area contributed by atoms with Crippen LogP contribution in [0.4, 0.5) is 11.4 Å². The lowest BCUT2D eigenvalue weighted by Crippen LogP contribution is -2.41. The molecular formula is C34H44N2O8. The van der Waals surface area contributed by atoms with Gasteiger partial charge in [0.15, 0.2) is 11.6 Å². The lowest BCUT2D eigenvalue weighted by atomic mass is 9.67. The van der Waals surface area contributed by atoms with Crippen LogP contribution in [0.15, 0.2) is 56.9 Å². The lowest BCUT2D eigenvalue weighted by molar-refractivity contribution is -0.150. The maximum atomic E-state index is 13.1. The van der Waals surface area contributed by atoms with Crippen molar-refractivity contribution in [1.82, 2.24) is 0 Å². The normalized spacial score (nSPS) is 23.1. The van der Waals surface area contributed by atoms with Gasteiger partial charge < -0.3 is 19.7 Å². The molecule has 0 radical (unpaired) electrons. The molecule has 0 amide bonds. The van der Waals surface area contributed by atoms with Crippen LogP contribution >= 0.6 is 0 Å². The van der Waals surface area contributed by atoms with E-state index in [1.54, 1.807) is 24.3 Å². The molecule has 0 spiro atoms. The van der Waals surface area contributed by atoms with E-state index in [-0.39, 0.29) is 59.9 Å². The second-order valence-corrected chi connectivity index (χ2v) is 12.7. The van der Waals surface area contributed by atoms with Crippen molar-refractivity contribution >= 4 is 46.3 Å². The smallest absolute Gasteiger partial charge is 0.316 e. The summed E-state index contributed by atoms with van der Waals surface area (Å²) in [5.74, 6) is -4.45. The number of hydrogen-bond donors (Lipinski definition) is 2. The highest BCUT2D eigenvalue weighted by atomic mass is 16.5. The topological polar surface area (TPSA) is 152 Å². The fourth-order valence-electron chi connectivity index (χ4n) is 6.08. The van der Waals surface area contributed by atoms with Gasteiger partial charge in [-0.25, -0.2) is 0 Å².